The van der Waals surface area contributed by atoms with E-state index in [9.17, 15) is 4.39 Å². The number of nitrogens with zero attached hydrogens (tertiary/aromatic N) is 3. The number of guanidine groups is 1. The third kappa shape index (κ3) is 4.00. The second-order valence-corrected chi connectivity index (χ2v) is 8.58. The highest BCUT2D eigenvalue weighted by molar-refractivity contribution is 7.99. The molecule has 1 aliphatic heterocycles. The van der Waals surface area contributed by atoms with Gasteiger partial charge in [0.2, 0.25) is 0 Å². The Morgan fingerprint density at radius 2 is 2.00 bits per heavy atom. The van der Waals surface area contributed by atoms with E-state index in [2.05, 4.69) is 10.1 Å². The van der Waals surface area contributed by atoms with Gasteiger partial charge in [0.1, 0.15) is 5.82 Å². The molecule has 0 bridgehead atoms. The monoisotopic (exact) mass is 410 g/mol. The van der Waals surface area contributed by atoms with Crippen LogP contribution in [0.3, 0.4) is 0 Å². The summed E-state index contributed by atoms with van der Waals surface area (Å²) < 4.78 is 20.2. The predicted octanol–water partition coefficient (Wildman–Crippen LogP) is 4.76. The molecule has 0 spiro atoms. The molecule has 1 aliphatic rings. The summed E-state index contributed by atoms with van der Waals surface area (Å²) in [6.07, 6.45) is 0. The number of rotatable bonds is 4. The van der Waals surface area contributed by atoms with Gasteiger partial charge in [0, 0.05) is 29.3 Å². The van der Waals surface area contributed by atoms with Crippen LogP contribution in [0.25, 0.3) is 11.1 Å². The highest BCUT2D eigenvalue weighted by atomic mass is 32.2. The van der Waals surface area contributed by atoms with Gasteiger partial charge in [-0.15, -0.1) is 11.8 Å². The number of halogens is 1. The van der Waals surface area contributed by atoms with Crippen molar-refractivity contribution in [2.24, 2.45) is 10.7 Å². The first-order valence-electron chi connectivity index (χ1n) is 9.44. The zero-order valence-electron chi connectivity index (χ0n) is 16.4. The Kier molecular flexibility index (Phi) is 5.32. The minimum atomic E-state index is -0.550. The quantitative estimate of drug-likeness (QED) is 0.496. The Balaban J connectivity index is 1.59. The van der Waals surface area contributed by atoms with Crippen molar-refractivity contribution in [1.29, 1.82) is 0 Å². The molecule has 4 rings (SSSR count). The molecule has 5 nitrogen and oxygen atoms in total. The smallest absolute Gasteiger partial charge is 0.253 e. The van der Waals surface area contributed by atoms with Crippen LogP contribution in [-0.4, -0.2) is 34.2 Å². The number of hydrogen-bond acceptors (Lipinski definition) is 4. The molecule has 29 heavy (non-hydrogen) atoms. The van der Waals surface area contributed by atoms with Crippen LogP contribution in [0.1, 0.15) is 25.1 Å². The highest BCUT2D eigenvalue weighted by Crippen LogP contribution is 2.35. The van der Waals surface area contributed by atoms with E-state index < -0.39 is 5.41 Å². The molecule has 2 aromatic carbocycles. The van der Waals surface area contributed by atoms with Gasteiger partial charge >= 0.3 is 0 Å². The summed E-state index contributed by atoms with van der Waals surface area (Å²) in [5.74, 6) is 2.38. The molecule has 2 N–H and O–H groups in total. The van der Waals surface area contributed by atoms with Crippen LogP contribution in [0, 0.1) is 5.82 Å². The fourth-order valence-electron chi connectivity index (χ4n) is 3.29. The van der Waals surface area contributed by atoms with Gasteiger partial charge in [-0.1, -0.05) is 61.5 Å². The summed E-state index contributed by atoms with van der Waals surface area (Å²) in [7, 11) is 0. The van der Waals surface area contributed by atoms with Crippen LogP contribution in [-0.2, 0) is 5.41 Å². The van der Waals surface area contributed by atoms with Crippen molar-refractivity contribution < 1.29 is 8.91 Å². The molecule has 150 valence electrons. The Morgan fingerprint density at radius 1 is 1.21 bits per heavy atom. The van der Waals surface area contributed by atoms with Gasteiger partial charge in [0.25, 0.3) is 5.88 Å². The summed E-state index contributed by atoms with van der Waals surface area (Å²) >= 11 is 1.81. The van der Waals surface area contributed by atoms with Crippen molar-refractivity contribution in [2.45, 2.75) is 19.3 Å². The maximum atomic E-state index is 14.8. The fraction of sp³-hybridized carbons (Fsp3) is 0.273. The number of aliphatic imine (C=N–C) groups is 1. The Bertz CT molecular complexity index is 1030. The number of nitrogens with two attached hydrogens (primary N) is 1. The summed E-state index contributed by atoms with van der Waals surface area (Å²) in [5, 5.41) is 4.17. The van der Waals surface area contributed by atoms with E-state index in [1.54, 1.807) is 12.1 Å². The van der Waals surface area contributed by atoms with Crippen LogP contribution in [0.5, 0.6) is 0 Å². The molecule has 0 radical (unpaired) electrons. The lowest BCUT2D eigenvalue weighted by Gasteiger charge is -2.23. The maximum absolute atomic E-state index is 14.8. The molecule has 0 atom stereocenters. The van der Waals surface area contributed by atoms with Crippen LogP contribution in [0.2, 0.25) is 0 Å². The first-order valence-corrected chi connectivity index (χ1v) is 10.6. The Hall–Kier alpha value is -2.80. The topological polar surface area (TPSA) is 67.7 Å². The normalized spacial score (nSPS) is 15.1. The van der Waals surface area contributed by atoms with Crippen molar-refractivity contribution in [3.8, 4) is 11.1 Å². The number of benzene rings is 2. The zero-order chi connectivity index (χ0) is 20.4. The first kappa shape index (κ1) is 19.5. The van der Waals surface area contributed by atoms with Gasteiger partial charge in [0.15, 0.2) is 5.96 Å². The summed E-state index contributed by atoms with van der Waals surface area (Å²) in [6, 6.07) is 16.6. The highest BCUT2D eigenvalue weighted by Gasteiger charge is 2.28. The number of hydrogen-bond donors (Lipinski definition) is 1. The maximum Gasteiger partial charge on any atom is 0.253 e. The lowest BCUT2D eigenvalue weighted by Crippen LogP contribution is -2.34. The summed E-state index contributed by atoms with van der Waals surface area (Å²) in [5.41, 5.74) is 8.41. The van der Waals surface area contributed by atoms with E-state index >= 15 is 0 Å². The molecule has 0 amide bonds. The summed E-state index contributed by atoms with van der Waals surface area (Å²) in [4.78, 5) is 6.34. The zero-order valence-corrected chi connectivity index (χ0v) is 17.2. The van der Waals surface area contributed by atoms with Crippen molar-refractivity contribution in [3.05, 3.63) is 71.7 Å². The average molecular weight is 411 g/mol. The SMILES string of the molecule is CC(C)(c1ccc(-c2ccccc2)c(F)c1)c1cc(/N=C(/N)N2CCSC2)on1. The van der Waals surface area contributed by atoms with Crippen molar-refractivity contribution in [2.75, 3.05) is 18.2 Å². The fourth-order valence-corrected chi connectivity index (χ4v) is 4.26. The first-order chi connectivity index (χ1) is 13.9. The van der Waals surface area contributed by atoms with Crippen molar-refractivity contribution >= 4 is 23.6 Å². The molecule has 0 saturated carbocycles. The van der Waals surface area contributed by atoms with Crippen molar-refractivity contribution in [3.63, 3.8) is 0 Å². The largest absolute Gasteiger partial charge is 0.369 e. The van der Waals surface area contributed by atoms with Crippen LogP contribution >= 0.6 is 11.8 Å². The number of aromatic nitrogens is 1. The van der Waals surface area contributed by atoms with E-state index in [0.717, 1.165) is 29.3 Å². The molecule has 7 heteroatoms. The van der Waals surface area contributed by atoms with E-state index in [1.807, 2.05) is 73.0 Å². The second kappa shape index (κ2) is 7.91. The van der Waals surface area contributed by atoms with Gasteiger partial charge in [-0.2, -0.15) is 4.99 Å². The van der Waals surface area contributed by atoms with Gasteiger partial charge in [0.05, 0.1) is 11.6 Å². The minimum Gasteiger partial charge on any atom is -0.369 e. The standard InChI is InChI=1S/C22H23FN4OS/c1-22(2,16-8-9-17(18(23)12-16)15-6-4-3-5-7-15)19-13-20(28-26-19)25-21(24)27-10-11-29-14-27/h3-9,12-13H,10-11,14H2,1-2H3,(H2,24,25). The van der Waals surface area contributed by atoms with Gasteiger partial charge in [-0.25, -0.2) is 4.39 Å². The van der Waals surface area contributed by atoms with E-state index in [1.165, 1.54) is 0 Å². The molecule has 0 unspecified atom stereocenters. The molecule has 0 aliphatic carbocycles. The van der Waals surface area contributed by atoms with Gasteiger partial charge < -0.3 is 15.2 Å². The molecule has 1 fully saturated rings. The van der Waals surface area contributed by atoms with E-state index in [-0.39, 0.29) is 5.82 Å². The third-order valence-electron chi connectivity index (χ3n) is 5.22. The van der Waals surface area contributed by atoms with E-state index in [0.29, 0.717) is 23.1 Å². The summed E-state index contributed by atoms with van der Waals surface area (Å²) in [6.45, 7) is 4.84. The molecule has 2 heterocycles. The van der Waals surface area contributed by atoms with Crippen molar-refractivity contribution in [1.82, 2.24) is 10.1 Å². The molecule has 1 aromatic heterocycles. The Labute approximate surface area is 173 Å². The average Bonchev–Trinajstić information content (AvgIpc) is 3.41. The third-order valence-corrected chi connectivity index (χ3v) is 6.18. The second-order valence-electron chi connectivity index (χ2n) is 7.51. The lowest BCUT2D eigenvalue weighted by molar-refractivity contribution is 0.405. The number of thioether (sulfide) groups is 1. The molecular formula is C22H23FN4OS. The minimum absolute atomic E-state index is 0.265. The predicted molar refractivity (Wildman–Crippen MR) is 116 cm³/mol. The molecular weight excluding hydrogens is 387 g/mol. The molecule has 1 saturated heterocycles. The Morgan fingerprint density at radius 3 is 2.69 bits per heavy atom. The van der Waals surface area contributed by atoms with Gasteiger partial charge in [-0.05, 0) is 17.2 Å². The molecule has 3 aromatic rings. The van der Waals surface area contributed by atoms with Gasteiger partial charge in [-0.3, -0.25) is 0 Å². The van der Waals surface area contributed by atoms with Crippen LogP contribution < -0.4 is 5.73 Å². The van der Waals surface area contributed by atoms with Crippen LogP contribution in [0.4, 0.5) is 10.3 Å². The van der Waals surface area contributed by atoms with E-state index in [4.69, 9.17) is 10.3 Å². The van der Waals surface area contributed by atoms with Crippen LogP contribution in [0.15, 0.2) is 64.1 Å². The lowest BCUT2D eigenvalue weighted by atomic mass is 9.81.